The maximum absolute atomic E-state index is 12.3. The van der Waals surface area contributed by atoms with Gasteiger partial charge in [-0.1, -0.05) is 11.6 Å². The molecule has 1 amide bonds. The average molecular weight is 315 g/mol. The first-order valence-electron chi connectivity index (χ1n) is 5.97. The second-order valence-corrected chi connectivity index (χ2v) is 5.03. The predicted molar refractivity (Wildman–Crippen MR) is 71.2 cm³/mol. The highest BCUT2D eigenvalue weighted by atomic mass is 35.5. The zero-order valence-corrected chi connectivity index (χ0v) is 11.4. The number of halogens is 1. The van der Waals surface area contributed by atoms with Crippen molar-refractivity contribution in [3.63, 3.8) is 0 Å². The Labute approximate surface area is 123 Å². The van der Waals surface area contributed by atoms with Crippen LogP contribution in [0.3, 0.4) is 0 Å². The van der Waals surface area contributed by atoms with Gasteiger partial charge in [-0.2, -0.15) is 0 Å². The van der Waals surface area contributed by atoms with Crippen LogP contribution >= 0.6 is 11.6 Å². The number of hydrogen-bond donors (Lipinski definition) is 2. The fourth-order valence-corrected chi connectivity index (χ4v) is 2.41. The van der Waals surface area contributed by atoms with Gasteiger partial charge in [0, 0.05) is 24.6 Å². The molecule has 21 heavy (non-hydrogen) atoms. The molecule has 1 aromatic carbocycles. The molecule has 1 fully saturated rings. The number of aliphatic carboxylic acids is 1. The van der Waals surface area contributed by atoms with Gasteiger partial charge >= 0.3 is 5.97 Å². The summed E-state index contributed by atoms with van der Waals surface area (Å²) >= 11 is 5.66. The van der Waals surface area contributed by atoms with Gasteiger partial charge in [-0.25, -0.2) is 4.79 Å². The van der Waals surface area contributed by atoms with E-state index in [1.165, 1.54) is 12.1 Å². The SMILES string of the molecule is O=C(O)[C@@H]1CC(O)CN1C(=O)c1ccc(Cl)c([N+](=O)[O-])c1. The number of nitro benzene ring substituents is 1. The van der Waals surface area contributed by atoms with Crippen LogP contribution in [0.15, 0.2) is 18.2 Å². The molecule has 9 heteroatoms. The molecule has 1 aromatic rings. The van der Waals surface area contributed by atoms with Crippen LogP contribution in [0.2, 0.25) is 5.02 Å². The molecule has 0 saturated carbocycles. The summed E-state index contributed by atoms with van der Waals surface area (Å²) in [5.41, 5.74) is -0.486. The number of carbonyl (C=O) groups excluding carboxylic acids is 1. The molecular weight excluding hydrogens is 304 g/mol. The van der Waals surface area contributed by atoms with Crippen molar-refractivity contribution in [1.29, 1.82) is 0 Å². The quantitative estimate of drug-likeness (QED) is 0.631. The van der Waals surface area contributed by atoms with E-state index in [0.29, 0.717) is 0 Å². The minimum Gasteiger partial charge on any atom is -0.480 e. The van der Waals surface area contributed by atoms with Crippen molar-refractivity contribution < 1.29 is 24.7 Å². The van der Waals surface area contributed by atoms with Crippen LogP contribution in [0.1, 0.15) is 16.8 Å². The van der Waals surface area contributed by atoms with E-state index in [4.69, 9.17) is 16.7 Å². The van der Waals surface area contributed by atoms with Crippen LogP contribution in [0.25, 0.3) is 0 Å². The monoisotopic (exact) mass is 314 g/mol. The van der Waals surface area contributed by atoms with Crippen LogP contribution in [0.4, 0.5) is 5.69 Å². The Morgan fingerprint density at radius 3 is 2.67 bits per heavy atom. The number of likely N-dealkylation sites (tertiary alicyclic amines) is 1. The Kier molecular flexibility index (Phi) is 4.10. The third-order valence-corrected chi connectivity index (χ3v) is 3.53. The number of carboxylic acid groups (broad SMARTS) is 1. The average Bonchev–Trinajstić information content (AvgIpc) is 2.80. The summed E-state index contributed by atoms with van der Waals surface area (Å²) in [6.45, 7) is -0.133. The zero-order valence-electron chi connectivity index (χ0n) is 10.6. The maximum atomic E-state index is 12.3. The molecule has 1 aliphatic heterocycles. The molecule has 112 valence electrons. The number of carbonyl (C=O) groups is 2. The Bertz CT molecular complexity index is 620. The number of rotatable bonds is 3. The topological polar surface area (TPSA) is 121 Å². The molecule has 0 radical (unpaired) electrons. The standard InChI is InChI=1S/C12H11ClN2O6/c13-8-2-1-6(3-9(8)15(20)21)11(17)14-5-7(16)4-10(14)12(18)19/h1-3,7,10,16H,4-5H2,(H,18,19)/t7?,10-/m0/s1. The highest BCUT2D eigenvalue weighted by Gasteiger charge is 2.39. The first-order valence-corrected chi connectivity index (χ1v) is 6.35. The number of aliphatic hydroxyl groups is 1. The summed E-state index contributed by atoms with van der Waals surface area (Å²) in [5.74, 6) is -1.93. The Morgan fingerprint density at radius 1 is 1.43 bits per heavy atom. The van der Waals surface area contributed by atoms with Crippen molar-refractivity contribution in [2.75, 3.05) is 6.54 Å². The smallest absolute Gasteiger partial charge is 0.326 e. The third-order valence-electron chi connectivity index (χ3n) is 3.21. The minimum atomic E-state index is -1.23. The van der Waals surface area contributed by atoms with Crippen LogP contribution in [0.5, 0.6) is 0 Å². The number of benzene rings is 1. The van der Waals surface area contributed by atoms with Crippen LogP contribution < -0.4 is 0 Å². The van der Waals surface area contributed by atoms with Gasteiger partial charge in [-0.3, -0.25) is 14.9 Å². The summed E-state index contributed by atoms with van der Waals surface area (Å²) in [4.78, 5) is 34.4. The largest absolute Gasteiger partial charge is 0.480 e. The zero-order chi connectivity index (χ0) is 15.7. The van der Waals surface area contributed by atoms with E-state index in [0.717, 1.165) is 11.0 Å². The van der Waals surface area contributed by atoms with Gasteiger partial charge in [0.15, 0.2) is 0 Å². The number of nitro groups is 1. The molecule has 8 nitrogen and oxygen atoms in total. The van der Waals surface area contributed by atoms with Crippen molar-refractivity contribution in [3.8, 4) is 0 Å². The van der Waals surface area contributed by atoms with E-state index >= 15 is 0 Å². The Morgan fingerprint density at radius 2 is 2.10 bits per heavy atom. The van der Waals surface area contributed by atoms with Crippen molar-refractivity contribution in [1.82, 2.24) is 4.90 Å². The first kappa shape index (κ1) is 15.2. The van der Waals surface area contributed by atoms with Crippen molar-refractivity contribution >= 4 is 29.2 Å². The molecule has 2 rings (SSSR count). The summed E-state index contributed by atoms with van der Waals surface area (Å²) < 4.78 is 0. The molecule has 2 atom stereocenters. The second-order valence-electron chi connectivity index (χ2n) is 4.62. The van der Waals surface area contributed by atoms with E-state index in [-0.39, 0.29) is 23.6 Å². The fraction of sp³-hybridized carbons (Fsp3) is 0.333. The lowest BCUT2D eigenvalue weighted by Crippen LogP contribution is -2.40. The highest BCUT2D eigenvalue weighted by Crippen LogP contribution is 2.27. The Hall–Kier alpha value is -2.19. The summed E-state index contributed by atoms with van der Waals surface area (Å²) in [6, 6.07) is 2.33. The van der Waals surface area contributed by atoms with E-state index in [1.54, 1.807) is 0 Å². The second kappa shape index (κ2) is 5.66. The molecule has 0 aliphatic carbocycles. The molecule has 1 heterocycles. The van der Waals surface area contributed by atoms with E-state index < -0.39 is 34.6 Å². The molecule has 0 aromatic heterocycles. The maximum Gasteiger partial charge on any atom is 0.326 e. The summed E-state index contributed by atoms with van der Waals surface area (Å²) in [7, 11) is 0. The number of nitrogens with zero attached hydrogens (tertiary/aromatic N) is 2. The van der Waals surface area contributed by atoms with Gasteiger partial charge < -0.3 is 15.1 Å². The summed E-state index contributed by atoms with van der Waals surface area (Å²) in [5, 5.41) is 29.3. The molecule has 0 spiro atoms. The normalized spacial score (nSPS) is 21.3. The van der Waals surface area contributed by atoms with Gasteiger partial charge in [0.05, 0.1) is 11.0 Å². The van der Waals surface area contributed by atoms with E-state index in [9.17, 15) is 24.8 Å². The van der Waals surface area contributed by atoms with Gasteiger partial charge in [0.25, 0.3) is 11.6 Å². The lowest BCUT2D eigenvalue weighted by atomic mass is 10.1. The van der Waals surface area contributed by atoms with Gasteiger partial charge in [-0.15, -0.1) is 0 Å². The van der Waals surface area contributed by atoms with Crippen LogP contribution in [-0.4, -0.2) is 50.6 Å². The number of carboxylic acids is 1. The predicted octanol–water partition coefficient (Wildman–Crippen LogP) is 0.908. The molecule has 1 unspecified atom stereocenters. The lowest BCUT2D eigenvalue weighted by molar-refractivity contribution is -0.384. The first-order chi connectivity index (χ1) is 9.81. The fourth-order valence-electron chi connectivity index (χ4n) is 2.22. The van der Waals surface area contributed by atoms with Crippen molar-refractivity contribution in [2.45, 2.75) is 18.6 Å². The number of aliphatic hydroxyl groups excluding tert-OH is 1. The number of hydrogen-bond acceptors (Lipinski definition) is 5. The van der Waals surface area contributed by atoms with Gasteiger partial charge in [-0.05, 0) is 12.1 Å². The van der Waals surface area contributed by atoms with Gasteiger partial charge in [0.2, 0.25) is 0 Å². The lowest BCUT2D eigenvalue weighted by Gasteiger charge is -2.21. The molecule has 0 bridgehead atoms. The van der Waals surface area contributed by atoms with E-state index in [2.05, 4.69) is 0 Å². The highest BCUT2D eigenvalue weighted by molar-refractivity contribution is 6.32. The third kappa shape index (κ3) is 2.96. The number of amides is 1. The Balaban J connectivity index is 2.33. The molecule has 1 saturated heterocycles. The number of β-amino-alcohol motifs (C(OH)–C–C–N with tert-alkyl or cyclic N) is 1. The van der Waals surface area contributed by atoms with Crippen molar-refractivity contribution in [2.24, 2.45) is 0 Å². The van der Waals surface area contributed by atoms with Crippen LogP contribution in [0, 0.1) is 10.1 Å². The molecule has 1 aliphatic rings. The molecule has 2 N–H and O–H groups in total. The summed E-state index contributed by atoms with van der Waals surface area (Å²) in [6.07, 6.45) is -1.01. The minimum absolute atomic E-state index is 0.0496. The van der Waals surface area contributed by atoms with E-state index in [1.807, 2.05) is 0 Å². The van der Waals surface area contributed by atoms with Crippen LogP contribution in [-0.2, 0) is 4.79 Å². The van der Waals surface area contributed by atoms with Crippen molar-refractivity contribution in [3.05, 3.63) is 38.9 Å². The molecular formula is C12H11ClN2O6. The van der Waals surface area contributed by atoms with Gasteiger partial charge in [0.1, 0.15) is 11.1 Å².